The molecule has 148 valence electrons. The average Bonchev–Trinajstić information content (AvgIpc) is 2.74. The largest absolute Gasteiger partial charge is 0.357 e. The molecule has 1 atom stereocenters. The molecule has 1 aromatic heterocycles. The van der Waals surface area contributed by atoms with Gasteiger partial charge in [-0.25, -0.2) is 0 Å². The second-order valence-corrected chi connectivity index (χ2v) is 7.31. The van der Waals surface area contributed by atoms with Crippen LogP contribution in [0.25, 0.3) is 0 Å². The average molecular weight is 380 g/mol. The van der Waals surface area contributed by atoms with Crippen LogP contribution >= 0.6 is 0 Å². The van der Waals surface area contributed by atoms with Gasteiger partial charge in [0, 0.05) is 19.4 Å². The first-order valence-corrected chi connectivity index (χ1v) is 9.83. The van der Waals surface area contributed by atoms with Crippen molar-refractivity contribution in [2.24, 2.45) is 5.92 Å². The van der Waals surface area contributed by atoms with Gasteiger partial charge in [-0.15, -0.1) is 0 Å². The fourth-order valence-corrected chi connectivity index (χ4v) is 3.70. The van der Waals surface area contributed by atoms with Crippen molar-refractivity contribution in [3.63, 3.8) is 0 Å². The second kappa shape index (κ2) is 9.99. The highest BCUT2D eigenvalue weighted by Crippen LogP contribution is 2.21. The summed E-state index contributed by atoms with van der Waals surface area (Å²) in [6, 6.07) is 12.8. The lowest BCUT2D eigenvalue weighted by atomic mass is 9.91. The number of likely N-dealkylation sites (tertiary alicyclic amines) is 1. The Morgan fingerprint density at radius 3 is 2.54 bits per heavy atom. The van der Waals surface area contributed by atoms with Gasteiger partial charge in [-0.3, -0.25) is 19.5 Å². The molecule has 1 aliphatic heterocycles. The quantitative estimate of drug-likeness (QED) is 0.770. The third kappa shape index (κ3) is 5.63. The zero-order valence-electron chi connectivity index (χ0n) is 16.3. The summed E-state index contributed by atoms with van der Waals surface area (Å²) >= 11 is 0. The Morgan fingerprint density at radius 1 is 1.14 bits per heavy atom. The topological polar surface area (TPSA) is 74.3 Å². The summed E-state index contributed by atoms with van der Waals surface area (Å²) in [7, 11) is 1.58. The van der Waals surface area contributed by atoms with Gasteiger partial charge in [0.05, 0.1) is 6.54 Å². The Bertz CT molecular complexity index is 759. The van der Waals surface area contributed by atoms with Gasteiger partial charge in [0.15, 0.2) is 0 Å². The van der Waals surface area contributed by atoms with Crippen LogP contribution in [-0.4, -0.2) is 48.4 Å². The minimum atomic E-state index is -0.665. The molecule has 1 saturated heterocycles. The number of amides is 2. The Kier molecular flexibility index (Phi) is 7.14. The summed E-state index contributed by atoms with van der Waals surface area (Å²) in [5, 5.41) is 5.51. The molecule has 0 spiro atoms. The molecule has 1 aromatic carbocycles. The van der Waals surface area contributed by atoms with Crippen LogP contribution < -0.4 is 10.6 Å². The van der Waals surface area contributed by atoms with E-state index in [0.717, 1.165) is 37.9 Å². The van der Waals surface area contributed by atoms with Gasteiger partial charge in [-0.1, -0.05) is 36.4 Å². The number of nitrogens with zero attached hydrogens (tertiary/aromatic N) is 2. The molecule has 2 N–H and O–H groups in total. The van der Waals surface area contributed by atoms with Crippen LogP contribution in [-0.2, 0) is 16.0 Å². The Labute approximate surface area is 166 Å². The fraction of sp³-hybridized carbons (Fsp3) is 0.409. The van der Waals surface area contributed by atoms with Crippen molar-refractivity contribution in [3.05, 3.63) is 66.0 Å². The van der Waals surface area contributed by atoms with E-state index >= 15 is 0 Å². The van der Waals surface area contributed by atoms with Crippen LogP contribution in [0.2, 0.25) is 0 Å². The van der Waals surface area contributed by atoms with Crippen molar-refractivity contribution in [1.82, 2.24) is 20.5 Å². The van der Waals surface area contributed by atoms with Gasteiger partial charge in [0.2, 0.25) is 11.8 Å². The van der Waals surface area contributed by atoms with E-state index in [1.54, 1.807) is 13.2 Å². The number of likely N-dealkylation sites (N-methyl/N-ethyl adjacent to an activating group) is 1. The zero-order valence-corrected chi connectivity index (χ0v) is 16.3. The molecular formula is C22H28N4O2. The highest BCUT2D eigenvalue weighted by Gasteiger charge is 2.25. The minimum Gasteiger partial charge on any atom is -0.357 e. The van der Waals surface area contributed by atoms with E-state index in [4.69, 9.17) is 0 Å². The van der Waals surface area contributed by atoms with Gasteiger partial charge in [0.1, 0.15) is 6.04 Å². The third-order valence-corrected chi connectivity index (χ3v) is 5.27. The lowest BCUT2D eigenvalue weighted by molar-refractivity contribution is -0.129. The molecule has 0 radical (unpaired) electrons. The summed E-state index contributed by atoms with van der Waals surface area (Å²) in [5.74, 6) is 0.296. The zero-order chi connectivity index (χ0) is 19.8. The molecule has 1 unspecified atom stereocenters. The Morgan fingerprint density at radius 2 is 1.89 bits per heavy atom. The molecule has 0 saturated carbocycles. The van der Waals surface area contributed by atoms with Gasteiger partial charge >= 0.3 is 0 Å². The van der Waals surface area contributed by atoms with Gasteiger partial charge in [-0.05, 0) is 55.5 Å². The number of carbonyl (C=O) groups is 2. The van der Waals surface area contributed by atoms with Crippen molar-refractivity contribution in [1.29, 1.82) is 0 Å². The maximum Gasteiger partial charge on any atom is 0.246 e. The van der Waals surface area contributed by atoms with Crippen LogP contribution in [0.15, 0.2) is 54.9 Å². The summed E-state index contributed by atoms with van der Waals surface area (Å²) in [4.78, 5) is 31.1. The standard InChI is InChI=1S/C22H28N4O2/c1-23-22(28)21(19-7-3-2-4-8-19)25-20(27)16-26-12-9-17(10-13-26)14-18-6-5-11-24-15-18/h2-8,11,15,17,21H,9-10,12-14,16H2,1H3,(H,23,28)(H,25,27). The molecule has 3 rings (SSSR count). The number of nitrogens with one attached hydrogen (secondary N) is 2. The van der Waals surface area contributed by atoms with E-state index in [1.807, 2.05) is 42.6 Å². The highest BCUT2D eigenvalue weighted by molar-refractivity contribution is 5.89. The van der Waals surface area contributed by atoms with Crippen LogP contribution in [0.3, 0.4) is 0 Å². The van der Waals surface area contributed by atoms with Crippen molar-refractivity contribution in [2.75, 3.05) is 26.7 Å². The summed E-state index contributed by atoms with van der Waals surface area (Å²) in [5.41, 5.74) is 2.06. The van der Waals surface area contributed by atoms with Crippen LogP contribution in [0.1, 0.15) is 30.0 Å². The normalized spacial score (nSPS) is 16.3. The Hall–Kier alpha value is -2.73. The van der Waals surface area contributed by atoms with E-state index in [1.165, 1.54) is 5.56 Å². The molecule has 6 heteroatoms. The minimum absolute atomic E-state index is 0.122. The van der Waals surface area contributed by atoms with Crippen molar-refractivity contribution in [3.8, 4) is 0 Å². The van der Waals surface area contributed by atoms with Crippen LogP contribution in [0.5, 0.6) is 0 Å². The van der Waals surface area contributed by atoms with E-state index in [-0.39, 0.29) is 11.8 Å². The molecule has 2 heterocycles. The fourth-order valence-electron chi connectivity index (χ4n) is 3.70. The maximum absolute atomic E-state index is 12.5. The molecule has 6 nitrogen and oxygen atoms in total. The molecule has 28 heavy (non-hydrogen) atoms. The number of aromatic nitrogens is 1. The molecule has 2 aromatic rings. The SMILES string of the molecule is CNC(=O)C(NC(=O)CN1CCC(Cc2cccnc2)CC1)c1ccccc1. The monoisotopic (exact) mass is 380 g/mol. The van der Waals surface area contributed by atoms with E-state index in [9.17, 15) is 9.59 Å². The first kappa shape index (κ1) is 20.0. The first-order chi connectivity index (χ1) is 13.7. The number of carbonyl (C=O) groups excluding carboxylic acids is 2. The predicted molar refractivity (Wildman–Crippen MR) is 108 cm³/mol. The number of hydrogen-bond donors (Lipinski definition) is 2. The number of pyridine rings is 1. The highest BCUT2D eigenvalue weighted by atomic mass is 16.2. The summed E-state index contributed by atoms with van der Waals surface area (Å²) < 4.78 is 0. The van der Waals surface area contributed by atoms with Crippen LogP contribution in [0.4, 0.5) is 0 Å². The third-order valence-electron chi connectivity index (χ3n) is 5.27. The van der Waals surface area contributed by atoms with Crippen molar-refractivity contribution in [2.45, 2.75) is 25.3 Å². The summed E-state index contributed by atoms with van der Waals surface area (Å²) in [6.07, 6.45) is 6.91. The molecule has 2 amide bonds. The number of benzene rings is 1. The van der Waals surface area contributed by atoms with E-state index in [2.05, 4.69) is 26.6 Å². The number of hydrogen-bond acceptors (Lipinski definition) is 4. The van der Waals surface area contributed by atoms with Gasteiger partial charge in [0.25, 0.3) is 0 Å². The second-order valence-electron chi connectivity index (χ2n) is 7.31. The summed E-state index contributed by atoms with van der Waals surface area (Å²) in [6.45, 7) is 2.11. The Balaban J connectivity index is 1.49. The maximum atomic E-state index is 12.5. The lowest BCUT2D eigenvalue weighted by Gasteiger charge is -2.31. The molecule has 0 aliphatic carbocycles. The van der Waals surface area contributed by atoms with Crippen LogP contribution in [0, 0.1) is 5.92 Å². The predicted octanol–water partition coefficient (Wildman–Crippen LogP) is 1.94. The lowest BCUT2D eigenvalue weighted by Crippen LogP contribution is -2.45. The first-order valence-electron chi connectivity index (χ1n) is 9.83. The van der Waals surface area contributed by atoms with Gasteiger partial charge < -0.3 is 10.6 Å². The van der Waals surface area contributed by atoms with Crippen molar-refractivity contribution >= 4 is 11.8 Å². The number of rotatable bonds is 7. The van der Waals surface area contributed by atoms with Gasteiger partial charge in [-0.2, -0.15) is 0 Å². The smallest absolute Gasteiger partial charge is 0.246 e. The molecule has 1 fully saturated rings. The molecule has 0 bridgehead atoms. The van der Waals surface area contributed by atoms with Crippen molar-refractivity contribution < 1.29 is 9.59 Å². The number of piperidine rings is 1. The molecule has 1 aliphatic rings. The van der Waals surface area contributed by atoms with E-state index < -0.39 is 6.04 Å². The molecular weight excluding hydrogens is 352 g/mol. The van der Waals surface area contributed by atoms with E-state index in [0.29, 0.717) is 12.5 Å².